The van der Waals surface area contributed by atoms with Crippen molar-refractivity contribution in [3.05, 3.63) is 17.3 Å². The van der Waals surface area contributed by atoms with Crippen molar-refractivity contribution in [1.29, 1.82) is 0 Å². The zero-order valence-electron chi connectivity index (χ0n) is 9.24. The molecule has 1 aromatic rings. The molecule has 96 valence electrons. The normalized spacial score (nSPS) is 12.0. The van der Waals surface area contributed by atoms with Crippen LogP contribution in [-0.2, 0) is 17.1 Å². The molecule has 7 nitrogen and oxygen atoms in total. The number of halogens is 1. The Morgan fingerprint density at radius 2 is 2.29 bits per heavy atom. The van der Waals surface area contributed by atoms with Crippen LogP contribution in [-0.4, -0.2) is 52.5 Å². The molecule has 0 aliphatic heterocycles. The van der Waals surface area contributed by atoms with E-state index in [0.717, 1.165) is 8.99 Å². The van der Waals surface area contributed by atoms with E-state index < -0.39 is 10.0 Å². The lowest BCUT2D eigenvalue weighted by Gasteiger charge is -2.19. The lowest BCUT2D eigenvalue weighted by atomic mass is 10.6. The predicted molar refractivity (Wildman–Crippen MR) is 64.7 cm³/mol. The van der Waals surface area contributed by atoms with E-state index in [1.807, 2.05) is 0 Å². The molecule has 1 N–H and O–H groups in total. The summed E-state index contributed by atoms with van der Waals surface area (Å²) in [5.41, 5.74) is 0. The summed E-state index contributed by atoms with van der Waals surface area (Å²) < 4.78 is 26.9. The van der Waals surface area contributed by atoms with Crippen LogP contribution in [0.4, 0.5) is 0 Å². The molecular formula is C8H13BrN4O3S. The molecule has 17 heavy (non-hydrogen) atoms. The van der Waals surface area contributed by atoms with E-state index in [1.165, 1.54) is 13.1 Å². The Morgan fingerprint density at radius 1 is 1.65 bits per heavy atom. The van der Waals surface area contributed by atoms with Gasteiger partial charge in [0.1, 0.15) is 0 Å². The quantitative estimate of drug-likeness (QED) is 0.729. The summed E-state index contributed by atoms with van der Waals surface area (Å²) in [6, 6.07) is 0. The van der Waals surface area contributed by atoms with Crippen LogP contribution in [0.25, 0.3) is 0 Å². The molecule has 0 spiro atoms. The molecule has 1 heterocycles. The van der Waals surface area contributed by atoms with Gasteiger partial charge in [-0.2, -0.15) is 4.31 Å². The van der Waals surface area contributed by atoms with Gasteiger partial charge < -0.3 is 5.11 Å². The number of hydrogen-bond acceptors (Lipinski definition) is 5. The largest absolute Gasteiger partial charge is 0.395 e. The van der Waals surface area contributed by atoms with Gasteiger partial charge in [0, 0.05) is 20.1 Å². The highest BCUT2D eigenvalue weighted by molar-refractivity contribution is 9.10. The maximum Gasteiger partial charge on any atom is 0.263 e. The fourth-order valence-electron chi connectivity index (χ4n) is 1.28. The SMILES string of the molecule is C=CCN(CCO)S(=O)(=O)c1c(Br)nnn1C. The zero-order valence-corrected chi connectivity index (χ0v) is 11.6. The number of aromatic nitrogens is 3. The number of hydrogen-bond donors (Lipinski definition) is 1. The van der Waals surface area contributed by atoms with Crippen LogP contribution < -0.4 is 0 Å². The van der Waals surface area contributed by atoms with Crippen molar-refractivity contribution < 1.29 is 13.5 Å². The monoisotopic (exact) mass is 324 g/mol. The Bertz CT molecular complexity index is 479. The summed E-state index contributed by atoms with van der Waals surface area (Å²) in [5.74, 6) is 0. The van der Waals surface area contributed by atoms with E-state index in [4.69, 9.17) is 5.11 Å². The fraction of sp³-hybridized carbons (Fsp3) is 0.500. The molecular weight excluding hydrogens is 312 g/mol. The lowest BCUT2D eigenvalue weighted by Crippen LogP contribution is -2.35. The highest BCUT2D eigenvalue weighted by Crippen LogP contribution is 2.21. The van der Waals surface area contributed by atoms with Crippen LogP contribution in [0.1, 0.15) is 0 Å². The summed E-state index contributed by atoms with van der Waals surface area (Å²) in [7, 11) is -2.27. The van der Waals surface area contributed by atoms with Crippen LogP contribution in [0.2, 0.25) is 0 Å². The number of aryl methyl sites for hydroxylation is 1. The summed E-state index contributed by atoms with van der Waals surface area (Å²) in [6.45, 7) is 3.32. The van der Waals surface area contributed by atoms with Crippen molar-refractivity contribution in [2.75, 3.05) is 19.7 Å². The average molecular weight is 325 g/mol. The fourth-order valence-corrected chi connectivity index (χ4v) is 3.72. The zero-order chi connectivity index (χ0) is 13.1. The van der Waals surface area contributed by atoms with Gasteiger partial charge in [-0.15, -0.1) is 11.7 Å². The first-order valence-corrected chi connectivity index (χ1v) is 6.95. The Labute approximate surface area is 108 Å². The van der Waals surface area contributed by atoms with E-state index in [9.17, 15) is 8.42 Å². The van der Waals surface area contributed by atoms with Crippen LogP contribution in [0.3, 0.4) is 0 Å². The molecule has 0 aliphatic rings. The Morgan fingerprint density at radius 3 is 2.71 bits per heavy atom. The van der Waals surface area contributed by atoms with Crippen LogP contribution in [0, 0.1) is 0 Å². The van der Waals surface area contributed by atoms with E-state index in [0.29, 0.717) is 0 Å². The minimum Gasteiger partial charge on any atom is -0.395 e. The number of rotatable bonds is 6. The number of nitrogens with zero attached hydrogens (tertiary/aromatic N) is 4. The Balaban J connectivity index is 3.20. The Kier molecular flexibility index (Phi) is 4.80. The van der Waals surface area contributed by atoms with Crippen molar-refractivity contribution in [2.24, 2.45) is 7.05 Å². The van der Waals surface area contributed by atoms with Crippen LogP contribution >= 0.6 is 15.9 Å². The standard InChI is InChI=1S/C8H13BrN4O3S/c1-3-4-13(5-6-14)17(15,16)8-7(9)10-11-12(8)2/h3,14H,1,4-6H2,2H3. The van der Waals surface area contributed by atoms with Crippen molar-refractivity contribution in [2.45, 2.75) is 5.03 Å². The molecule has 0 amide bonds. The summed E-state index contributed by atoms with van der Waals surface area (Å²) >= 11 is 3.03. The van der Waals surface area contributed by atoms with Gasteiger partial charge in [-0.3, -0.25) is 0 Å². The topological polar surface area (TPSA) is 88.3 Å². The number of aliphatic hydroxyl groups excluding tert-OH is 1. The molecule has 0 aromatic carbocycles. The highest BCUT2D eigenvalue weighted by Gasteiger charge is 2.29. The van der Waals surface area contributed by atoms with Crippen molar-refractivity contribution in [3.8, 4) is 0 Å². The first-order chi connectivity index (χ1) is 7.95. The first-order valence-electron chi connectivity index (χ1n) is 4.72. The molecule has 9 heteroatoms. The van der Waals surface area contributed by atoms with Crippen LogP contribution in [0.15, 0.2) is 22.3 Å². The minimum absolute atomic E-state index is 0.00796. The lowest BCUT2D eigenvalue weighted by molar-refractivity contribution is 0.259. The third-order valence-electron chi connectivity index (χ3n) is 2.00. The third kappa shape index (κ3) is 2.92. The molecule has 0 radical (unpaired) electrons. The Hall–Kier alpha value is -0.770. The summed E-state index contributed by atoms with van der Waals surface area (Å²) in [5, 5.41) is 16.1. The maximum absolute atomic E-state index is 12.3. The summed E-state index contributed by atoms with van der Waals surface area (Å²) in [6.07, 6.45) is 1.45. The van der Waals surface area contributed by atoms with Crippen molar-refractivity contribution >= 4 is 26.0 Å². The molecule has 1 rings (SSSR count). The van der Waals surface area contributed by atoms with E-state index >= 15 is 0 Å². The predicted octanol–water partition coefficient (Wildman–Crippen LogP) is -0.253. The molecule has 0 atom stereocenters. The van der Waals surface area contributed by atoms with Crippen molar-refractivity contribution in [1.82, 2.24) is 19.3 Å². The molecule has 1 aromatic heterocycles. The minimum atomic E-state index is -3.75. The molecule has 0 unspecified atom stereocenters. The molecule has 0 aliphatic carbocycles. The number of aliphatic hydroxyl groups is 1. The van der Waals surface area contributed by atoms with E-state index in [2.05, 4.69) is 32.8 Å². The van der Waals surface area contributed by atoms with Gasteiger partial charge in [-0.05, 0) is 15.9 Å². The van der Waals surface area contributed by atoms with Crippen molar-refractivity contribution in [3.63, 3.8) is 0 Å². The first kappa shape index (κ1) is 14.3. The molecule has 0 saturated carbocycles. The van der Waals surface area contributed by atoms with Gasteiger partial charge in [-0.25, -0.2) is 13.1 Å². The highest BCUT2D eigenvalue weighted by atomic mass is 79.9. The van der Waals surface area contributed by atoms with Crippen LogP contribution in [0.5, 0.6) is 0 Å². The summed E-state index contributed by atoms with van der Waals surface area (Å²) in [4.78, 5) is 0. The smallest absolute Gasteiger partial charge is 0.263 e. The van der Waals surface area contributed by atoms with Gasteiger partial charge >= 0.3 is 0 Å². The van der Waals surface area contributed by atoms with Gasteiger partial charge in [0.05, 0.1) is 6.61 Å². The second-order valence-corrected chi connectivity index (χ2v) is 5.79. The maximum atomic E-state index is 12.3. The second kappa shape index (κ2) is 5.71. The van der Waals surface area contributed by atoms with Gasteiger partial charge in [0.15, 0.2) is 4.60 Å². The molecule has 0 bridgehead atoms. The van der Waals surface area contributed by atoms with E-state index in [-0.39, 0.29) is 29.3 Å². The molecule has 0 saturated heterocycles. The molecule has 0 fully saturated rings. The average Bonchev–Trinajstić information content (AvgIpc) is 2.58. The second-order valence-electron chi connectivity index (χ2n) is 3.18. The third-order valence-corrected chi connectivity index (χ3v) is 4.76. The van der Waals surface area contributed by atoms with Gasteiger partial charge in [0.25, 0.3) is 10.0 Å². The van der Waals surface area contributed by atoms with Gasteiger partial charge in [-0.1, -0.05) is 11.3 Å². The van der Waals surface area contributed by atoms with Gasteiger partial charge in [0.2, 0.25) is 5.03 Å². The number of sulfonamides is 1. The van der Waals surface area contributed by atoms with E-state index in [1.54, 1.807) is 0 Å².